The van der Waals surface area contributed by atoms with E-state index in [-0.39, 0.29) is 11.6 Å². The summed E-state index contributed by atoms with van der Waals surface area (Å²) in [5, 5.41) is 2.50. The molecule has 1 saturated heterocycles. The van der Waals surface area contributed by atoms with Crippen molar-refractivity contribution in [3.05, 3.63) is 54.1 Å². The highest BCUT2D eigenvalue weighted by Crippen LogP contribution is 2.31. The highest BCUT2D eigenvalue weighted by Gasteiger charge is 2.29. The summed E-state index contributed by atoms with van der Waals surface area (Å²) < 4.78 is 32.7. The van der Waals surface area contributed by atoms with Gasteiger partial charge in [-0.3, -0.25) is 4.79 Å². The molecule has 0 radical (unpaired) electrons. The highest BCUT2D eigenvalue weighted by molar-refractivity contribution is 5.93. The summed E-state index contributed by atoms with van der Waals surface area (Å²) in [6, 6.07) is 10.5. The number of ether oxygens (including phenoxy) is 1. The van der Waals surface area contributed by atoms with E-state index in [0.29, 0.717) is 31.2 Å². The van der Waals surface area contributed by atoms with E-state index in [9.17, 15) is 13.6 Å². The van der Waals surface area contributed by atoms with Gasteiger partial charge in [-0.15, -0.1) is 0 Å². The fourth-order valence-corrected chi connectivity index (χ4v) is 3.53. The number of methoxy groups -OCH3 is 1. The minimum atomic E-state index is -0.672. The second-order valence-corrected chi connectivity index (χ2v) is 6.94. The molecule has 0 saturated carbocycles. The number of hydrogen-bond acceptors (Lipinski definition) is 5. The van der Waals surface area contributed by atoms with Crippen LogP contribution >= 0.6 is 0 Å². The van der Waals surface area contributed by atoms with Crippen molar-refractivity contribution in [1.29, 1.82) is 0 Å². The summed E-state index contributed by atoms with van der Waals surface area (Å²) in [6.45, 7) is 1.08. The molecule has 2 heterocycles. The third kappa shape index (κ3) is 3.96. The Labute approximate surface area is 166 Å². The fraction of sp³-hybridized carbons (Fsp3) is 0.286. The van der Waals surface area contributed by atoms with Gasteiger partial charge in [0, 0.05) is 19.2 Å². The molecule has 3 aromatic rings. The van der Waals surface area contributed by atoms with E-state index in [1.807, 2.05) is 29.2 Å². The van der Waals surface area contributed by atoms with Crippen LogP contribution in [0.5, 0.6) is 5.88 Å². The second-order valence-electron chi connectivity index (χ2n) is 6.94. The Bertz CT molecular complexity index is 1060. The van der Waals surface area contributed by atoms with Gasteiger partial charge in [-0.1, -0.05) is 12.1 Å². The van der Waals surface area contributed by atoms with Gasteiger partial charge in [-0.05, 0) is 37.1 Å². The van der Waals surface area contributed by atoms with Crippen LogP contribution in [0.3, 0.4) is 0 Å². The van der Waals surface area contributed by atoms with E-state index in [1.54, 1.807) is 0 Å². The Kier molecular flexibility index (Phi) is 5.24. The van der Waals surface area contributed by atoms with Crippen LogP contribution in [0.1, 0.15) is 12.8 Å². The molecule has 1 N–H and O–H groups in total. The lowest BCUT2D eigenvalue weighted by molar-refractivity contribution is -0.120. The summed E-state index contributed by atoms with van der Waals surface area (Å²) in [7, 11) is 1.53. The van der Waals surface area contributed by atoms with Gasteiger partial charge in [0.05, 0.1) is 29.7 Å². The van der Waals surface area contributed by atoms with Gasteiger partial charge in [-0.2, -0.15) is 0 Å². The molecule has 0 spiro atoms. The summed E-state index contributed by atoms with van der Waals surface area (Å²) in [5.74, 6) is -1.07. The third-order valence-corrected chi connectivity index (χ3v) is 4.99. The quantitative estimate of drug-likeness (QED) is 0.725. The van der Waals surface area contributed by atoms with Crippen LogP contribution in [0, 0.1) is 17.6 Å². The van der Waals surface area contributed by atoms with Crippen LogP contribution in [0.2, 0.25) is 0 Å². The van der Waals surface area contributed by atoms with Gasteiger partial charge in [-0.25, -0.2) is 18.7 Å². The number of piperidine rings is 1. The SMILES string of the molecule is COc1nc2ccccc2nc1N1CCCC(C(=O)Nc2cc(F)ccc2F)C1. The standard InChI is InChI=1S/C21H20F2N4O2/c1-29-21-19(24-16-6-2-3-7-17(16)26-21)27-10-4-5-13(12-27)20(28)25-18-11-14(22)8-9-15(18)23/h2-3,6-9,11,13H,4-5,10,12H2,1H3,(H,25,28). The number of benzene rings is 2. The summed E-state index contributed by atoms with van der Waals surface area (Å²) in [6.07, 6.45) is 1.39. The lowest BCUT2D eigenvalue weighted by Crippen LogP contribution is -2.41. The number of carbonyl (C=O) groups is 1. The van der Waals surface area contributed by atoms with Gasteiger partial charge < -0.3 is 15.0 Å². The number of anilines is 2. The molecule has 1 aliphatic heterocycles. The van der Waals surface area contributed by atoms with Crippen LogP contribution in [-0.2, 0) is 4.79 Å². The lowest BCUT2D eigenvalue weighted by Gasteiger charge is -2.33. The van der Waals surface area contributed by atoms with Crippen molar-refractivity contribution in [2.45, 2.75) is 12.8 Å². The monoisotopic (exact) mass is 398 g/mol. The van der Waals surface area contributed by atoms with Crippen molar-refractivity contribution in [2.24, 2.45) is 5.92 Å². The van der Waals surface area contributed by atoms with E-state index >= 15 is 0 Å². The third-order valence-electron chi connectivity index (χ3n) is 4.99. The number of halogens is 2. The van der Waals surface area contributed by atoms with E-state index < -0.39 is 17.6 Å². The maximum Gasteiger partial charge on any atom is 0.257 e. The Balaban J connectivity index is 1.56. The van der Waals surface area contributed by atoms with Crippen molar-refractivity contribution in [1.82, 2.24) is 9.97 Å². The summed E-state index contributed by atoms with van der Waals surface area (Å²) in [5.41, 5.74) is 1.30. The molecule has 0 bridgehead atoms. The van der Waals surface area contributed by atoms with E-state index in [1.165, 1.54) is 7.11 Å². The van der Waals surface area contributed by atoms with E-state index in [2.05, 4.69) is 15.3 Å². The lowest BCUT2D eigenvalue weighted by atomic mass is 9.97. The van der Waals surface area contributed by atoms with Gasteiger partial charge in [0.1, 0.15) is 11.6 Å². The number of rotatable bonds is 4. The maximum atomic E-state index is 13.9. The topological polar surface area (TPSA) is 67.4 Å². The predicted molar refractivity (Wildman–Crippen MR) is 106 cm³/mol. The number of hydrogen-bond donors (Lipinski definition) is 1. The number of nitrogens with zero attached hydrogens (tertiary/aromatic N) is 3. The molecule has 1 fully saturated rings. The number of carbonyl (C=O) groups excluding carboxylic acids is 1. The Hall–Kier alpha value is -3.29. The van der Waals surface area contributed by atoms with Gasteiger partial charge in [0.2, 0.25) is 5.91 Å². The molecule has 8 heteroatoms. The largest absolute Gasteiger partial charge is 0.478 e. The molecule has 6 nitrogen and oxygen atoms in total. The molecule has 1 amide bonds. The average molecular weight is 398 g/mol. The number of para-hydroxylation sites is 2. The summed E-state index contributed by atoms with van der Waals surface area (Å²) >= 11 is 0. The molecule has 150 valence electrons. The van der Waals surface area contributed by atoms with Gasteiger partial charge >= 0.3 is 0 Å². The fourth-order valence-electron chi connectivity index (χ4n) is 3.53. The van der Waals surface area contributed by atoms with E-state index in [4.69, 9.17) is 4.74 Å². The summed E-state index contributed by atoms with van der Waals surface area (Å²) in [4.78, 5) is 23.8. The minimum Gasteiger partial charge on any atom is -0.478 e. The van der Waals surface area contributed by atoms with Crippen LogP contribution < -0.4 is 15.0 Å². The zero-order valence-corrected chi connectivity index (χ0v) is 15.9. The molecule has 1 aliphatic rings. The van der Waals surface area contributed by atoms with Crippen molar-refractivity contribution >= 4 is 28.4 Å². The maximum absolute atomic E-state index is 13.9. The Morgan fingerprint density at radius 3 is 2.69 bits per heavy atom. The average Bonchev–Trinajstić information content (AvgIpc) is 2.75. The minimum absolute atomic E-state index is 0.157. The second kappa shape index (κ2) is 7.98. The molecule has 1 unspecified atom stereocenters. The van der Waals surface area contributed by atoms with Crippen LogP contribution in [0.25, 0.3) is 11.0 Å². The van der Waals surface area contributed by atoms with E-state index in [0.717, 1.165) is 35.7 Å². The predicted octanol–water partition coefficient (Wildman–Crippen LogP) is 3.77. The zero-order valence-electron chi connectivity index (χ0n) is 15.9. The van der Waals surface area contributed by atoms with Gasteiger partial charge in [0.25, 0.3) is 5.88 Å². The van der Waals surface area contributed by atoms with Gasteiger partial charge in [0.15, 0.2) is 5.82 Å². The highest BCUT2D eigenvalue weighted by atomic mass is 19.1. The molecule has 29 heavy (non-hydrogen) atoms. The smallest absolute Gasteiger partial charge is 0.257 e. The molecule has 1 aromatic heterocycles. The number of nitrogens with one attached hydrogen (secondary N) is 1. The molecule has 2 aromatic carbocycles. The van der Waals surface area contributed by atoms with Crippen LogP contribution in [0.4, 0.5) is 20.3 Å². The first-order valence-corrected chi connectivity index (χ1v) is 9.37. The van der Waals surface area contributed by atoms with Crippen molar-refractivity contribution < 1.29 is 18.3 Å². The van der Waals surface area contributed by atoms with Crippen molar-refractivity contribution in [3.63, 3.8) is 0 Å². The number of aromatic nitrogens is 2. The Morgan fingerprint density at radius 2 is 1.93 bits per heavy atom. The first kappa shape index (κ1) is 19.0. The Morgan fingerprint density at radius 1 is 1.17 bits per heavy atom. The normalized spacial score (nSPS) is 16.7. The van der Waals surface area contributed by atoms with Crippen LogP contribution in [-0.4, -0.2) is 36.1 Å². The van der Waals surface area contributed by atoms with Crippen molar-refractivity contribution in [3.8, 4) is 5.88 Å². The van der Waals surface area contributed by atoms with Crippen molar-refractivity contribution in [2.75, 3.05) is 30.4 Å². The number of amides is 1. The first-order chi connectivity index (χ1) is 14.0. The van der Waals surface area contributed by atoms with Crippen LogP contribution in [0.15, 0.2) is 42.5 Å². The molecule has 1 atom stereocenters. The first-order valence-electron chi connectivity index (χ1n) is 9.37. The molecule has 4 rings (SSSR count). The molecular weight excluding hydrogens is 378 g/mol. The number of fused-ring (bicyclic) bond motifs is 1. The molecule has 0 aliphatic carbocycles. The zero-order chi connectivity index (χ0) is 20.4. The molecular formula is C21H20F2N4O2.